The van der Waals surface area contributed by atoms with E-state index in [-0.39, 0.29) is 42.5 Å². The van der Waals surface area contributed by atoms with Crippen molar-refractivity contribution in [2.24, 2.45) is 0 Å². The molecule has 24 heavy (non-hydrogen) atoms. The van der Waals surface area contributed by atoms with E-state index in [1.165, 1.54) is 19.2 Å². The van der Waals surface area contributed by atoms with Crippen LogP contribution in [0, 0.1) is 6.92 Å². The fourth-order valence-corrected chi connectivity index (χ4v) is 3.08. The Hall–Kier alpha value is -2.26. The van der Waals surface area contributed by atoms with Crippen molar-refractivity contribution in [2.45, 2.75) is 31.1 Å². The Labute approximate surface area is 140 Å². The molecule has 1 saturated heterocycles. The zero-order chi connectivity index (χ0) is 17.9. The van der Waals surface area contributed by atoms with Crippen molar-refractivity contribution >= 4 is 33.4 Å². The summed E-state index contributed by atoms with van der Waals surface area (Å²) in [6.45, 7) is 1.76. The maximum absolute atomic E-state index is 12.0. The van der Waals surface area contributed by atoms with E-state index in [0.29, 0.717) is 11.3 Å². The molecule has 1 aliphatic heterocycles. The molecular weight excluding hydrogens is 334 g/mol. The van der Waals surface area contributed by atoms with Crippen molar-refractivity contribution in [1.29, 1.82) is 0 Å². The Morgan fingerprint density at radius 3 is 2.42 bits per heavy atom. The Bertz CT molecular complexity index is 772. The van der Waals surface area contributed by atoms with Gasteiger partial charge in [0.15, 0.2) is 0 Å². The predicted molar refractivity (Wildman–Crippen MR) is 86.6 cm³/mol. The van der Waals surface area contributed by atoms with E-state index in [9.17, 15) is 22.8 Å². The van der Waals surface area contributed by atoms with Crippen LogP contribution in [0.1, 0.15) is 24.8 Å². The molecule has 1 aliphatic rings. The van der Waals surface area contributed by atoms with Gasteiger partial charge in [-0.05, 0) is 31.7 Å². The summed E-state index contributed by atoms with van der Waals surface area (Å²) in [4.78, 5) is 36.2. The van der Waals surface area contributed by atoms with Crippen LogP contribution in [0.4, 0.5) is 5.69 Å². The van der Waals surface area contributed by atoms with Crippen molar-refractivity contribution in [3.63, 3.8) is 0 Å². The van der Waals surface area contributed by atoms with Gasteiger partial charge in [-0.1, -0.05) is 6.07 Å². The van der Waals surface area contributed by atoms with Crippen LogP contribution in [0.5, 0.6) is 0 Å². The van der Waals surface area contributed by atoms with Crippen LogP contribution in [-0.2, 0) is 24.4 Å². The Morgan fingerprint density at radius 1 is 1.21 bits per heavy atom. The minimum absolute atomic E-state index is 0.0249. The molecule has 2 N–H and O–H groups in total. The highest BCUT2D eigenvalue weighted by Crippen LogP contribution is 2.20. The molecule has 0 bridgehead atoms. The Kier molecular flexibility index (Phi) is 5.35. The topological polar surface area (TPSA) is 113 Å². The first kappa shape index (κ1) is 18.1. The van der Waals surface area contributed by atoms with E-state index in [4.69, 9.17) is 0 Å². The van der Waals surface area contributed by atoms with Crippen LogP contribution in [0.2, 0.25) is 0 Å². The number of nitrogens with one attached hydrogen (secondary N) is 2. The summed E-state index contributed by atoms with van der Waals surface area (Å²) in [5, 5.41) is 2.62. The third-order valence-electron chi connectivity index (χ3n) is 3.78. The Balaban J connectivity index is 2.05. The monoisotopic (exact) mass is 353 g/mol. The largest absolute Gasteiger partial charge is 0.326 e. The first-order valence-corrected chi connectivity index (χ1v) is 8.90. The number of likely N-dealkylation sites (tertiary alicyclic amines) is 1. The third kappa shape index (κ3) is 3.98. The van der Waals surface area contributed by atoms with Gasteiger partial charge in [0.05, 0.1) is 4.90 Å². The number of amides is 3. The lowest BCUT2D eigenvalue weighted by atomic mass is 10.2. The highest BCUT2D eigenvalue weighted by Gasteiger charge is 2.28. The molecule has 8 nitrogen and oxygen atoms in total. The molecule has 0 unspecified atom stereocenters. The number of carbonyl (C=O) groups excluding carboxylic acids is 3. The predicted octanol–water partition coefficient (Wildman–Crippen LogP) is 0.381. The van der Waals surface area contributed by atoms with E-state index in [1.54, 1.807) is 13.0 Å². The number of rotatable bonds is 6. The lowest BCUT2D eigenvalue weighted by molar-refractivity contribution is -0.138. The van der Waals surface area contributed by atoms with Gasteiger partial charge in [0.25, 0.3) is 0 Å². The quantitative estimate of drug-likeness (QED) is 0.718. The van der Waals surface area contributed by atoms with E-state index in [0.717, 1.165) is 4.90 Å². The maximum atomic E-state index is 12.0. The second-order valence-corrected chi connectivity index (χ2v) is 7.31. The molecule has 0 saturated carbocycles. The van der Waals surface area contributed by atoms with Crippen LogP contribution in [0.3, 0.4) is 0 Å². The number of anilines is 1. The van der Waals surface area contributed by atoms with Crippen LogP contribution in [0.15, 0.2) is 23.1 Å². The van der Waals surface area contributed by atoms with Crippen molar-refractivity contribution < 1.29 is 22.8 Å². The standard InChI is InChI=1S/C15H19N3O5S/c1-10-3-4-11(24(22,23)16-2)9-12(10)17-13(19)7-8-18-14(20)5-6-15(18)21/h3-4,9,16H,5-8H2,1-2H3,(H,17,19). The average molecular weight is 353 g/mol. The second kappa shape index (κ2) is 7.10. The minimum Gasteiger partial charge on any atom is -0.326 e. The molecule has 1 heterocycles. The number of aryl methyl sites for hydroxylation is 1. The summed E-state index contributed by atoms with van der Waals surface area (Å²) in [5.41, 5.74) is 1.07. The average Bonchev–Trinajstić information content (AvgIpc) is 2.86. The third-order valence-corrected chi connectivity index (χ3v) is 5.19. The van der Waals surface area contributed by atoms with Crippen molar-refractivity contribution in [1.82, 2.24) is 9.62 Å². The lowest BCUT2D eigenvalue weighted by Crippen LogP contribution is -2.32. The molecule has 130 valence electrons. The minimum atomic E-state index is -3.61. The summed E-state index contributed by atoms with van der Waals surface area (Å²) in [6.07, 6.45) is 0.326. The fraction of sp³-hybridized carbons (Fsp3) is 0.400. The molecular formula is C15H19N3O5S. The number of nitrogens with zero attached hydrogens (tertiary/aromatic N) is 1. The van der Waals surface area contributed by atoms with Crippen molar-refractivity contribution in [3.05, 3.63) is 23.8 Å². The number of hydrogen-bond donors (Lipinski definition) is 2. The van der Waals surface area contributed by atoms with E-state index < -0.39 is 15.9 Å². The smallest absolute Gasteiger partial charge is 0.240 e. The summed E-state index contributed by atoms with van der Waals surface area (Å²) in [5.74, 6) is -0.943. The van der Waals surface area contributed by atoms with Gasteiger partial charge in [-0.2, -0.15) is 0 Å². The summed E-state index contributed by atoms with van der Waals surface area (Å²) in [6, 6.07) is 4.40. The number of hydrogen-bond acceptors (Lipinski definition) is 5. The fourth-order valence-electron chi connectivity index (χ4n) is 2.32. The summed E-state index contributed by atoms with van der Waals surface area (Å²) < 4.78 is 25.8. The van der Waals surface area contributed by atoms with E-state index in [2.05, 4.69) is 10.0 Å². The molecule has 1 aromatic rings. The zero-order valence-corrected chi connectivity index (χ0v) is 14.3. The lowest BCUT2D eigenvalue weighted by Gasteiger charge is -2.14. The van der Waals surface area contributed by atoms with Gasteiger partial charge in [0.2, 0.25) is 27.7 Å². The van der Waals surface area contributed by atoms with Crippen molar-refractivity contribution in [2.75, 3.05) is 18.9 Å². The van der Waals surface area contributed by atoms with E-state index in [1.807, 2.05) is 0 Å². The molecule has 0 aliphatic carbocycles. The highest BCUT2D eigenvalue weighted by atomic mass is 32.2. The number of imide groups is 1. The molecule has 0 aromatic heterocycles. The molecule has 0 atom stereocenters. The van der Waals surface area contributed by atoms with Gasteiger partial charge in [-0.25, -0.2) is 13.1 Å². The van der Waals surface area contributed by atoms with Crippen LogP contribution >= 0.6 is 0 Å². The van der Waals surface area contributed by atoms with Crippen LogP contribution < -0.4 is 10.0 Å². The van der Waals surface area contributed by atoms with Crippen LogP contribution in [0.25, 0.3) is 0 Å². The first-order valence-electron chi connectivity index (χ1n) is 7.42. The van der Waals surface area contributed by atoms with Crippen molar-refractivity contribution in [3.8, 4) is 0 Å². The highest BCUT2D eigenvalue weighted by molar-refractivity contribution is 7.89. The van der Waals surface area contributed by atoms with Crippen LogP contribution in [-0.4, -0.2) is 44.6 Å². The Morgan fingerprint density at radius 2 is 1.83 bits per heavy atom. The number of benzene rings is 1. The number of sulfonamides is 1. The zero-order valence-electron chi connectivity index (χ0n) is 13.5. The van der Waals surface area contributed by atoms with Gasteiger partial charge in [0, 0.05) is 31.5 Å². The SMILES string of the molecule is CNS(=O)(=O)c1ccc(C)c(NC(=O)CCN2C(=O)CCC2=O)c1. The first-order chi connectivity index (χ1) is 11.2. The number of carbonyl (C=O) groups is 3. The normalized spacial score (nSPS) is 15.0. The van der Waals surface area contributed by atoms with E-state index >= 15 is 0 Å². The van der Waals surface area contributed by atoms with Gasteiger partial charge in [0.1, 0.15) is 0 Å². The maximum Gasteiger partial charge on any atom is 0.240 e. The molecule has 9 heteroatoms. The molecule has 0 spiro atoms. The van der Waals surface area contributed by atoms with Gasteiger partial charge < -0.3 is 5.32 Å². The summed E-state index contributed by atoms with van der Waals surface area (Å²) >= 11 is 0. The van der Waals surface area contributed by atoms with Gasteiger partial charge in [-0.15, -0.1) is 0 Å². The summed E-state index contributed by atoms with van der Waals surface area (Å²) in [7, 11) is -2.31. The molecule has 3 amide bonds. The molecule has 1 aromatic carbocycles. The molecule has 2 rings (SSSR count). The molecule has 0 radical (unpaired) electrons. The second-order valence-electron chi connectivity index (χ2n) is 5.42. The van der Waals surface area contributed by atoms with Gasteiger partial charge >= 0.3 is 0 Å². The molecule has 1 fully saturated rings. The van der Waals surface area contributed by atoms with Gasteiger partial charge in [-0.3, -0.25) is 19.3 Å².